The Hall–Kier alpha value is -6.00. The van der Waals surface area contributed by atoms with Crippen LogP contribution in [0, 0.1) is 29.2 Å². The summed E-state index contributed by atoms with van der Waals surface area (Å²) in [4.78, 5) is 0. The fourth-order valence-electron chi connectivity index (χ4n) is 9.34. The first-order chi connectivity index (χ1) is 34.3. The molecule has 0 bridgehead atoms. The van der Waals surface area contributed by atoms with Crippen molar-refractivity contribution >= 4 is 11.1 Å². The first kappa shape index (κ1) is 54.3. The Labute approximate surface area is 389 Å². The molecular weight excluding hydrogens is 1100 g/mol. The van der Waals surface area contributed by atoms with E-state index in [2.05, 4.69) is 0 Å². The van der Waals surface area contributed by atoms with Crippen LogP contribution >= 0.6 is 0 Å². The third kappa shape index (κ3) is 7.11. The number of hydrogen-bond acceptors (Lipinski definition) is 0. The van der Waals surface area contributed by atoms with Crippen molar-refractivity contribution in [2.45, 2.75) is 80.2 Å². The molecule has 0 nitrogen and oxygen atoms in total. The molecule has 8 rings (SSSR count). The van der Waals surface area contributed by atoms with Gasteiger partial charge in [-0.3, -0.25) is 0 Å². The second-order valence-electron chi connectivity index (χ2n) is 16.5. The predicted octanol–water partition coefficient (Wildman–Crippen LogP) is 15.9. The van der Waals surface area contributed by atoms with E-state index in [9.17, 15) is 39.5 Å². The van der Waals surface area contributed by atoms with Crippen LogP contribution in [-0.2, 0) is 0 Å². The van der Waals surface area contributed by atoms with Gasteiger partial charge in [-0.15, -0.1) is 0 Å². The number of benzene rings is 1. The number of alkyl halides is 13. The van der Waals surface area contributed by atoms with Crippen molar-refractivity contribution in [3.05, 3.63) is 160 Å². The third-order valence-corrected chi connectivity index (χ3v) is 12.8. The summed E-state index contributed by atoms with van der Waals surface area (Å²) < 4.78 is 456. The molecule has 1 aromatic rings. The van der Waals surface area contributed by atoms with Gasteiger partial charge in [-0.25, -0.2) is 132 Å². The molecule has 0 fully saturated rings. The van der Waals surface area contributed by atoms with E-state index in [1.54, 1.807) is 0 Å². The molecule has 1 aromatic carbocycles. The highest BCUT2D eigenvalue weighted by Gasteiger charge is 2.58. The van der Waals surface area contributed by atoms with Gasteiger partial charge in [-0.1, -0.05) is 0 Å². The number of hydrogen-bond donors (Lipinski definition) is 0. The third-order valence-electron chi connectivity index (χ3n) is 12.8. The summed E-state index contributed by atoms with van der Waals surface area (Å²) in [7, 11) is 0. The Balaban J connectivity index is 1.25. The summed E-state index contributed by atoms with van der Waals surface area (Å²) in [6, 6.07) is 0. The van der Waals surface area contributed by atoms with Gasteiger partial charge in [-0.05, 0) is 0 Å². The zero-order valence-electron chi connectivity index (χ0n) is 34.4. The minimum atomic E-state index is -4.56. The van der Waals surface area contributed by atoms with Gasteiger partial charge in [0, 0.05) is 61.3 Å². The average molecular weight is 1110 g/mol. The fourth-order valence-corrected chi connectivity index (χ4v) is 9.34. The number of allylic oxidation sites excluding steroid dienone is 24. The van der Waals surface area contributed by atoms with E-state index in [1.165, 1.54) is 0 Å². The summed E-state index contributed by atoms with van der Waals surface area (Å²) >= 11 is 0. The van der Waals surface area contributed by atoms with Gasteiger partial charge in [0.05, 0.1) is 17.0 Å². The van der Waals surface area contributed by atoms with Crippen molar-refractivity contribution in [1.29, 1.82) is 0 Å². The molecule has 7 aliphatic rings. The molecule has 0 saturated heterocycles. The highest BCUT2D eigenvalue weighted by Crippen LogP contribution is 2.58. The van der Waals surface area contributed by atoms with Crippen LogP contribution in [0.3, 0.4) is 0 Å². The normalized spacial score (nSPS) is 34.8. The molecule has 14 atom stereocenters. The summed E-state index contributed by atoms with van der Waals surface area (Å²) in [5, 5.41) is 0. The highest BCUT2D eigenvalue weighted by atomic mass is 19.2. The van der Waals surface area contributed by atoms with Gasteiger partial charge in [0.2, 0.25) is 0 Å². The van der Waals surface area contributed by atoms with E-state index in [0.29, 0.717) is 0 Å². The van der Waals surface area contributed by atoms with Crippen LogP contribution in [0.5, 0.6) is 0 Å². The van der Waals surface area contributed by atoms with Gasteiger partial charge in [0.15, 0.2) is 161 Å². The van der Waals surface area contributed by atoms with Crippen LogP contribution in [0.1, 0.15) is 11.1 Å². The van der Waals surface area contributed by atoms with E-state index < -0.39 is 258 Å². The maximum atomic E-state index is 15.8. The van der Waals surface area contributed by atoms with Gasteiger partial charge in [-0.2, -0.15) is 0 Å². The summed E-state index contributed by atoms with van der Waals surface area (Å²) in [6.07, 6.45) is -54.3. The van der Waals surface area contributed by atoms with Gasteiger partial charge in [0.1, 0.15) is 18.2 Å². The Bertz CT molecular complexity index is 3120. The van der Waals surface area contributed by atoms with Crippen LogP contribution in [0.2, 0.25) is 0 Å². The highest BCUT2D eigenvalue weighted by molar-refractivity contribution is 5.83. The molecular formula is C44H14F30. The predicted molar refractivity (Wildman–Crippen MR) is 192 cm³/mol. The second-order valence-corrected chi connectivity index (χ2v) is 16.5. The molecule has 30 heteroatoms. The molecule has 0 radical (unpaired) electrons. The zero-order chi connectivity index (χ0) is 55.4. The van der Waals surface area contributed by atoms with Crippen LogP contribution in [0.15, 0.2) is 126 Å². The van der Waals surface area contributed by atoms with E-state index in [-0.39, 0.29) is 0 Å². The Morgan fingerprint density at radius 1 is 0.176 bits per heavy atom. The molecule has 0 amide bonds. The molecule has 0 saturated carbocycles. The standard InChI is InChI=1S/C44H14F30/c45-15-1(17(47)23(53)7-3(15)37(67)41(71)43(73)39(7)69)5-19(49)25(55)9(26(56)20(5)50)11-29(59)33(63)13(34(64)30(11)60)14-35(65)31(61)12(32(62)36(14)66)10-27(57)21(51)6(22(52)28(10)58)2-16(46)4-8(24(54)18(2)48)40(70)44(74)42(72)38(4)68/h3,15,18-19,21,24-25,27,29,33,37-38,41-42H. The van der Waals surface area contributed by atoms with Crippen LogP contribution in [0.4, 0.5) is 132 Å². The molecule has 7 aliphatic carbocycles. The smallest absolute Gasteiger partial charge is 0.190 e. The first-order valence-corrected chi connectivity index (χ1v) is 20.0. The van der Waals surface area contributed by atoms with Crippen molar-refractivity contribution in [2.24, 2.45) is 5.92 Å². The minimum absolute atomic E-state index is 2.27. The largest absolute Gasteiger partial charge is 0.243 e. The van der Waals surface area contributed by atoms with Gasteiger partial charge < -0.3 is 0 Å². The number of halogens is 30. The molecule has 0 heterocycles. The average Bonchev–Trinajstić information content (AvgIpc) is 3.35. The number of fused-ring (bicyclic) bond motifs is 1. The van der Waals surface area contributed by atoms with E-state index in [1.807, 2.05) is 0 Å². The van der Waals surface area contributed by atoms with Crippen LogP contribution < -0.4 is 0 Å². The summed E-state index contributed by atoms with van der Waals surface area (Å²) in [6.45, 7) is 0. The Morgan fingerprint density at radius 3 is 0.743 bits per heavy atom. The molecule has 14 unspecified atom stereocenters. The van der Waals surface area contributed by atoms with Gasteiger partial charge >= 0.3 is 0 Å². The maximum absolute atomic E-state index is 15.8. The molecule has 74 heavy (non-hydrogen) atoms. The van der Waals surface area contributed by atoms with Crippen molar-refractivity contribution in [1.82, 2.24) is 0 Å². The lowest BCUT2D eigenvalue weighted by Crippen LogP contribution is -2.44. The van der Waals surface area contributed by atoms with Crippen molar-refractivity contribution in [2.75, 3.05) is 0 Å². The van der Waals surface area contributed by atoms with Crippen molar-refractivity contribution < 1.29 is 132 Å². The quantitative estimate of drug-likeness (QED) is 0.204. The SMILES string of the molecule is FC1=C(F)C(F)C(F)C2=C1C(F)C(F)C(C1=C(F)C(F)=C(c3c(F)c(F)c(C4=C(F)C(F)=C(C5=C(F)C(F)=C(C6=C(F)C(F)=C7C(F)=C(F)C(F)C(F)C7C6F)C(F)C5F)C(F)C4F)c(F)c3F)C(F)C1F)=C2F. The molecule has 0 aliphatic heterocycles. The molecule has 0 aromatic heterocycles. The second kappa shape index (κ2) is 18.4. The van der Waals surface area contributed by atoms with Crippen molar-refractivity contribution in [3.63, 3.8) is 0 Å². The van der Waals surface area contributed by atoms with E-state index in [4.69, 9.17) is 0 Å². The Morgan fingerprint density at radius 2 is 0.392 bits per heavy atom. The molecule has 0 spiro atoms. The lowest BCUT2D eigenvalue weighted by molar-refractivity contribution is 0.0752. The Kier molecular flexibility index (Phi) is 13.5. The van der Waals surface area contributed by atoms with E-state index >= 15 is 92.2 Å². The molecule has 400 valence electrons. The van der Waals surface area contributed by atoms with Crippen molar-refractivity contribution in [3.8, 4) is 0 Å². The summed E-state index contributed by atoms with van der Waals surface area (Å²) in [5.41, 5.74) is -35.5. The number of rotatable bonds is 5. The lowest BCUT2D eigenvalue weighted by Gasteiger charge is -2.38. The van der Waals surface area contributed by atoms with Crippen LogP contribution in [0.25, 0.3) is 11.1 Å². The fraction of sp³-hybridized carbons (Fsp3) is 0.318. The molecule has 0 N–H and O–H groups in total. The van der Waals surface area contributed by atoms with Crippen LogP contribution in [-0.4, -0.2) is 80.2 Å². The maximum Gasteiger partial charge on any atom is 0.190 e. The van der Waals surface area contributed by atoms with E-state index in [0.717, 1.165) is 0 Å². The first-order valence-electron chi connectivity index (χ1n) is 20.0. The monoisotopic (exact) mass is 1110 g/mol. The topological polar surface area (TPSA) is 0 Å². The summed E-state index contributed by atoms with van der Waals surface area (Å²) in [5.74, 6) is -57.5. The minimum Gasteiger partial charge on any atom is -0.243 e. The lowest BCUT2D eigenvalue weighted by atomic mass is 9.72. The van der Waals surface area contributed by atoms with Gasteiger partial charge in [0.25, 0.3) is 0 Å². The zero-order valence-corrected chi connectivity index (χ0v) is 34.4.